The van der Waals surface area contributed by atoms with Crippen molar-refractivity contribution < 1.29 is 0 Å². The second-order valence-electron chi connectivity index (χ2n) is 6.13. The third kappa shape index (κ3) is 2.00. The highest BCUT2D eigenvalue weighted by atomic mass is 15.5. The monoisotopic (exact) mass is 352 g/mol. The minimum absolute atomic E-state index is 0.794. The smallest absolute Gasteiger partial charge is 0.179 e. The maximum atomic E-state index is 4.82. The summed E-state index contributed by atoms with van der Waals surface area (Å²) in [7, 11) is 0. The average molecular weight is 352 g/mol. The average Bonchev–Trinajstić information content (AvgIpc) is 3.44. The molecule has 6 aromatic heterocycles. The van der Waals surface area contributed by atoms with E-state index in [0.717, 1.165) is 39.2 Å². The van der Waals surface area contributed by atoms with Crippen LogP contribution < -0.4 is 0 Å². The van der Waals surface area contributed by atoms with Crippen LogP contribution in [-0.4, -0.2) is 38.9 Å². The zero-order valence-corrected chi connectivity index (χ0v) is 14.0. The van der Waals surface area contributed by atoms with Crippen molar-refractivity contribution in [3.63, 3.8) is 0 Å². The molecule has 8 heteroatoms. The van der Waals surface area contributed by atoms with Crippen LogP contribution in [0.5, 0.6) is 0 Å². The molecule has 6 rings (SSSR count). The van der Waals surface area contributed by atoms with Crippen molar-refractivity contribution >= 4 is 27.8 Å². The molecule has 0 fully saturated rings. The summed E-state index contributed by atoms with van der Waals surface area (Å²) in [4.78, 5) is 18.0. The lowest BCUT2D eigenvalue weighted by Crippen LogP contribution is -2.06. The number of aromatic nitrogens is 8. The van der Waals surface area contributed by atoms with E-state index in [2.05, 4.69) is 20.1 Å². The van der Waals surface area contributed by atoms with Crippen molar-refractivity contribution in [1.82, 2.24) is 38.9 Å². The molecule has 0 N–H and O–H groups in total. The standard InChI is InChI=1S/C19H12N8/c1-2-15-19(21-8-1)26(12-22-15)25-11-7-14-16(25)4-3-13(24-14)17-5-9-20-18-6-10-23-27(17)18/h1-12H. The Kier molecular flexibility index (Phi) is 2.73. The van der Waals surface area contributed by atoms with Gasteiger partial charge in [0.2, 0.25) is 0 Å². The number of imidazole rings is 1. The van der Waals surface area contributed by atoms with Gasteiger partial charge in [0, 0.05) is 24.7 Å². The van der Waals surface area contributed by atoms with Gasteiger partial charge in [0.25, 0.3) is 0 Å². The number of rotatable bonds is 2. The summed E-state index contributed by atoms with van der Waals surface area (Å²) in [5, 5.41) is 4.34. The van der Waals surface area contributed by atoms with E-state index in [1.54, 1.807) is 29.4 Å². The van der Waals surface area contributed by atoms with E-state index in [-0.39, 0.29) is 0 Å². The van der Waals surface area contributed by atoms with E-state index in [4.69, 9.17) is 4.98 Å². The zero-order valence-electron chi connectivity index (χ0n) is 14.0. The molecule has 128 valence electrons. The Hall–Kier alpha value is -4.07. The molecule has 0 bridgehead atoms. The Morgan fingerprint density at radius 3 is 2.74 bits per heavy atom. The van der Waals surface area contributed by atoms with Crippen molar-refractivity contribution in [1.29, 1.82) is 0 Å². The van der Waals surface area contributed by atoms with Crippen LogP contribution in [0.4, 0.5) is 0 Å². The van der Waals surface area contributed by atoms with Crippen molar-refractivity contribution in [3.8, 4) is 11.4 Å². The molecule has 27 heavy (non-hydrogen) atoms. The second kappa shape index (κ2) is 5.21. The fraction of sp³-hybridized carbons (Fsp3) is 0. The first-order chi connectivity index (χ1) is 13.4. The van der Waals surface area contributed by atoms with Crippen LogP contribution in [0.2, 0.25) is 0 Å². The molecule has 0 spiro atoms. The van der Waals surface area contributed by atoms with Gasteiger partial charge in [-0.3, -0.25) is 4.68 Å². The Bertz CT molecular complexity index is 1440. The van der Waals surface area contributed by atoms with Crippen LogP contribution in [0.1, 0.15) is 0 Å². The van der Waals surface area contributed by atoms with Gasteiger partial charge in [-0.2, -0.15) is 5.10 Å². The Balaban J connectivity index is 1.54. The van der Waals surface area contributed by atoms with Crippen LogP contribution in [0.15, 0.2) is 73.6 Å². The number of hydrogen-bond donors (Lipinski definition) is 0. The summed E-state index contributed by atoms with van der Waals surface area (Å²) in [6.45, 7) is 0. The molecule has 0 aliphatic rings. The van der Waals surface area contributed by atoms with E-state index in [1.807, 2.05) is 58.0 Å². The Labute approximate surface area is 152 Å². The highest BCUT2D eigenvalue weighted by molar-refractivity contribution is 5.80. The predicted molar refractivity (Wildman–Crippen MR) is 100 cm³/mol. The molecular weight excluding hydrogens is 340 g/mol. The van der Waals surface area contributed by atoms with E-state index in [1.165, 1.54) is 0 Å². The third-order valence-electron chi connectivity index (χ3n) is 4.60. The molecule has 0 saturated heterocycles. The van der Waals surface area contributed by atoms with Gasteiger partial charge in [-0.1, -0.05) is 0 Å². The molecular formula is C19H12N8. The van der Waals surface area contributed by atoms with Gasteiger partial charge in [-0.05, 0) is 36.4 Å². The van der Waals surface area contributed by atoms with Crippen LogP contribution in [0.25, 0.3) is 39.2 Å². The molecule has 0 atom stereocenters. The first-order valence-electron chi connectivity index (χ1n) is 8.44. The lowest BCUT2D eigenvalue weighted by atomic mass is 10.2. The van der Waals surface area contributed by atoms with Crippen molar-refractivity contribution in [2.75, 3.05) is 0 Å². The first-order valence-corrected chi connectivity index (χ1v) is 8.44. The summed E-state index contributed by atoms with van der Waals surface area (Å²) in [5.41, 5.74) is 6.02. The topological polar surface area (TPSA) is 78.7 Å². The van der Waals surface area contributed by atoms with E-state index < -0.39 is 0 Å². The largest absolute Gasteiger partial charge is 0.252 e. The van der Waals surface area contributed by atoms with Crippen LogP contribution >= 0.6 is 0 Å². The Morgan fingerprint density at radius 1 is 0.741 bits per heavy atom. The number of hydrogen-bond acceptors (Lipinski definition) is 5. The van der Waals surface area contributed by atoms with Gasteiger partial charge >= 0.3 is 0 Å². The van der Waals surface area contributed by atoms with Gasteiger partial charge in [0.05, 0.1) is 28.6 Å². The molecule has 0 aliphatic carbocycles. The van der Waals surface area contributed by atoms with Gasteiger partial charge in [0.1, 0.15) is 11.8 Å². The van der Waals surface area contributed by atoms with Crippen LogP contribution in [0, 0.1) is 0 Å². The molecule has 0 unspecified atom stereocenters. The van der Waals surface area contributed by atoms with Crippen molar-refractivity contribution in [2.24, 2.45) is 0 Å². The highest BCUT2D eigenvalue weighted by Gasteiger charge is 2.11. The quantitative estimate of drug-likeness (QED) is 0.479. The summed E-state index contributed by atoms with van der Waals surface area (Å²) >= 11 is 0. The van der Waals surface area contributed by atoms with E-state index in [0.29, 0.717) is 0 Å². The highest BCUT2D eigenvalue weighted by Crippen LogP contribution is 2.23. The number of pyridine rings is 2. The normalized spacial score (nSPS) is 11.7. The molecule has 0 radical (unpaired) electrons. The Morgan fingerprint density at radius 2 is 1.74 bits per heavy atom. The number of nitrogens with zero attached hydrogens (tertiary/aromatic N) is 8. The SMILES string of the molecule is c1cnc2c(c1)ncn2-n1ccc2nc(-c3ccnc4ccnn34)ccc21. The minimum Gasteiger partial charge on any atom is -0.252 e. The summed E-state index contributed by atoms with van der Waals surface area (Å²) in [6, 6.07) is 13.6. The fourth-order valence-electron chi connectivity index (χ4n) is 3.36. The fourth-order valence-corrected chi connectivity index (χ4v) is 3.36. The lowest BCUT2D eigenvalue weighted by Gasteiger charge is -2.08. The molecule has 0 aromatic carbocycles. The first kappa shape index (κ1) is 14.1. The third-order valence-corrected chi connectivity index (χ3v) is 4.60. The molecule has 0 aliphatic heterocycles. The van der Waals surface area contributed by atoms with Crippen LogP contribution in [-0.2, 0) is 0 Å². The summed E-state index contributed by atoms with van der Waals surface area (Å²) < 4.78 is 5.69. The molecule has 6 heterocycles. The lowest BCUT2D eigenvalue weighted by molar-refractivity contribution is 0.703. The zero-order chi connectivity index (χ0) is 17.8. The number of fused-ring (bicyclic) bond motifs is 3. The van der Waals surface area contributed by atoms with E-state index >= 15 is 0 Å². The molecule has 6 aromatic rings. The predicted octanol–water partition coefficient (Wildman–Crippen LogP) is 2.80. The summed E-state index contributed by atoms with van der Waals surface area (Å²) in [5.74, 6) is 0. The van der Waals surface area contributed by atoms with Crippen molar-refractivity contribution in [2.45, 2.75) is 0 Å². The van der Waals surface area contributed by atoms with Gasteiger partial charge in [-0.15, -0.1) is 0 Å². The maximum Gasteiger partial charge on any atom is 0.179 e. The van der Waals surface area contributed by atoms with Crippen molar-refractivity contribution in [3.05, 3.63) is 73.6 Å². The molecule has 0 amide bonds. The van der Waals surface area contributed by atoms with Gasteiger partial charge in [0.15, 0.2) is 11.3 Å². The van der Waals surface area contributed by atoms with Gasteiger partial charge < -0.3 is 0 Å². The minimum atomic E-state index is 0.794. The molecule has 8 nitrogen and oxygen atoms in total. The van der Waals surface area contributed by atoms with Crippen LogP contribution in [0.3, 0.4) is 0 Å². The summed E-state index contributed by atoms with van der Waals surface area (Å²) in [6.07, 6.45) is 9.00. The second-order valence-corrected chi connectivity index (χ2v) is 6.13. The maximum absolute atomic E-state index is 4.82. The van der Waals surface area contributed by atoms with Gasteiger partial charge in [-0.25, -0.2) is 29.1 Å². The molecule has 0 saturated carbocycles. The van der Waals surface area contributed by atoms with E-state index in [9.17, 15) is 0 Å².